The van der Waals surface area contributed by atoms with Gasteiger partial charge in [0.1, 0.15) is 23.1 Å². The molecule has 0 radical (unpaired) electrons. The van der Waals surface area contributed by atoms with Crippen LogP contribution in [0.3, 0.4) is 0 Å². The van der Waals surface area contributed by atoms with E-state index in [1.807, 2.05) is 19.9 Å². The van der Waals surface area contributed by atoms with Crippen molar-refractivity contribution in [2.45, 2.75) is 19.0 Å². The molecule has 2 aromatic heterocycles. The quantitative estimate of drug-likeness (QED) is 0.237. The Morgan fingerprint density at radius 1 is 1.10 bits per heavy atom. The van der Waals surface area contributed by atoms with Gasteiger partial charge in [0, 0.05) is 16.9 Å². The molecule has 0 unspecified atom stereocenters. The highest BCUT2D eigenvalue weighted by Gasteiger charge is 2.18. The van der Waals surface area contributed by atoms with Crippen LogP contribution >= 0.6 is 11.8 Å². The van der Waals surface area contributed by atoms with E-state index >= 15 is 0 Å². The second-order valence-electron chi connectivity index (χ2n) is 6.79. The van der Waals surface area contributed by atoms with Crippen molar-refractivity contribution < 1.29 is 18.3 Å². The molecule has 4 aromatic rings. The summed E-state index contributed by atoms with van der Waals surface area (Å²) in [6.07, 6.45) is 0. The molecule has 6 nitrogen and oxygen atoms in total. The number of carbonyl (C=O) groups is 1. The van der Waals surface area contributed by atoms with Gasteiger partial charge in [0.2, 0.25) is 5.71 Å². The number of hydrogen-bond donors (Lipinski definition) is 1. The molecule has 0 saturated carbocycles. The number of nitrogens with zero attached hydrogens (tertiary/aromatic N) is 2. The van der Waals surface area contributed by atoms with E-state index in [-0.39, 0.29) is 11.7 Å². The van der Waals surface area contributed by atoms with Crippen LogP contribution in [0.4, 0.5) is 10.2 Å². The van der Waals surface area contributed by atoms with Crippen LogP contribution < -0.4 is 10.1 Å². The monoisotopic (exact) mass is 437 g/mol. The first-order valence-electron chi connectivity index (χ1n) is 9.66. The van der Waals surface area contributed by atoms with Gasteiger partial charge in [0.15, 0.2) is 5.16 Å². The number of amides is 1. The van der Waals surface area contributed by atoms with Gasteiger partial charge in [-0.05, 0) is 50.2 Å². The maximum absolute atomic E-state index is 13.0. The van der Waals surface area contributed by atoms with Crippen molar-refractivity contribution in [1.82, 2.24) is 9.97 Å². The second kappa shape index (κ2) is 9.18. The zero-order chi connectivity index (χ0) is 21.8. The predicted molar refractivity (Wildman–Crippen MR) is 118 cm³/mol. The molecule has 2 aromatic carbocycles. The lowest BCUT2D eigenvalue weighted by Gasteiger charge is -2.09. The fourth-order valence-corrected chi connectivity index (χ4v) is 3.63. The Morgan fingerprint density at radius 2 is 1.84 bits per heavy atom. The molecule has 0 aliphatic carbocycles. The highest BCUT2D eigenvalue weighted by Crippen LogP contribution is 2.31. The summed E-state index contributed by atoms with van der Waals surface area (Å²) in [7, 11) is 0. The van der Waals surface area contributed by atoms with Gasteiger partial charge in [-0.25, -0.2) is 9.37 Å². The van der Waals surface area contributed by atoms with Gasteiger partial charge in [0.05, 0.1) is 12.0 Å². The van der Waals surface area contributed by atoms with Crippen molar-refractivity contribution in [3.05, 3.63) is 77.3 Å². The maximum atomic E-state index is 13.0. The van der Waals surface area contributed by atoms with Crippen LogP contribution in [0.25, 0.3) is 11.1 Å². The number of carbonyl (C=O) groups excluding carboxylic acids is 1. The number of aromatic nitrogens is 2. The number of thioether (sulfide) groups is 1. The van der Waals surface area contributed by atoms with Gasteiger partial charge in [0.25, 0.3) is 5.91 Å². The molecule has 0 aliphatic heterocycles. The molecule has 8 heteroatoms. The van der Waals surface area contributed by atoms with Crippen LogP contribution in [-0.2, 0) is 0 Å². The first-order valence-corrected chi connectivity index (χ1v) is 10.6. The molecule has 158 valence electrons. The van der Waals surface area contributed by atoms with E-state index in [4.69, 9.17) is 9.15 Å². The minimum atomic E-state index is -0.308. The topological polar surface area (TPSA) is 77.2 Å². The average Bonchev–Trinajstić information content (AvgIpc) is 3.06. The molecule has 31 heavy (non-hydrogen) atoms. The van der Waals surface area contributed by atoms with Gasteiger partial charge in [-0.1, -0.05) is 30.0 Å². The van der Waals surface area contributed by atoms with Crippen LogP contribution in [-0.4, -0.2) is 28.2 Å². The van der Waals surface area contributed by atoms with Crippen molar-refractivity contribution in [2.75, 3.05) is 17.7 Å². The fourth-order valence-electron chi connectivity index (χ4n) is 2.98. The molecule has 0 saturated heterocycles. The molecule has 0 fully saturated rings. The molecule has 0 atom stereocenters. The molecule has 4 rings (SSSR count). The number of furan rings is 1. The van der Waals surface area contributed by atoms with Crippen LogP contribution in [0.5, 0.6) is 5.75 Å². The van der Waals surface area contributed by atoms with Gasteiger partial charge in [-0.3, -0.25) is 4.79 Å². The summed E-state index contributed by atoms with van der Waals surface area (Å²) in [5.74, 6) is 1.73. The summed E-state index contributed by atoms with van der Waals surface area (Å²) in [5.41, 5.74) is 1.85. The van der Waals surface area contributed by atoms with Gasteiger partial charge in [-0.15, -0.1) is 0 Å². The molecule has 2 heterocycles. The van der Waals surface area contributed by atoms with Crippen LogP contribution in [0.1, 0.15) is 21.7 Å². The Kier molecular flexibility index (Phi) is 6.18. The number of anilines is 1. The van der Waals surface area contributed by atoms with Gasteiger partial charge >= 0.3 is 0 Å². The Labute approximate surface area is 182 Å². The zero-order valence-corrected chi connectivity index (χ0v) is 17.8. The Balaban J connectivity index is 1.51. The van der Waals surface area contributed by atoms with Crippen molar-refractivity contribution >= 4 is 34.6 Å². The summed E-state index contributed by atoms with van der Waals surface area (Å²) in [5, 5.41) is 4.04. The smallest absolute Gasteiger partial charge is 0.256 e. The number of nitrogens with one attached hydrogen (secondary N) is 1. The largest absolute Gasteiger partial charge is 0.493 e. The van der Waals surface area contributed by atoms with Crippen molar-refractivity contribution in [2.24, 2.45) is 0 Å². The summed E-state index contributed by atoms with van der Waals surface area (Å²) < 4.78 is 24.4. The first kappa shape index (κ1) is 20.9. The second-order valence-corrected chi connectivity index (χ2v) is 7.85. The predicted octanol–water partition coefficient (Wildman–Crippen LogP) is 5.40. The molecule has 0 spiro atoms. The highest BCUT2D eigenvalue weighted by molar-refractivity contribution is 7.99. The number of aryl methyl sites for hydroxylation is 2. The van der Waals surface area contributed by atoms with Gasteiger partial charge in [-0.2, -0.15) is 4.98 Å². The van der Waals surface area contributed by atoms with E-state index in [1.54, 1.807) is 36.4 Å². The number of ether oxygens (including phenoxy) is 1. The lowest BCUT2D eigenvalue weighted by atomic mass is 10.2. The summed E-state index contributed by atoms with van der Waals surface area (Å²) in [6, 6.07) is 14.8. The molecule has 1 amide bonds. The van der Waals surface area contributed by atoms with E-state index < -0.39 is 0 Å². The van der Waals surface area contributed by atoms with Crippen LogP contribution in [0.2, 0.25) is 0 Å². The number of halogens is 1. The summed E-state index contributed by atoms with van der Waals surface area (Å²) in [4.78, 5) is 21.7. The van der Waals surface area contributed by atoms with E-state index in [0.29, 0.717) is 45.7 Å². The van der Waals surface area contributed by atoms with E-state index in [2.05, 4.69) is 15.3 Å². The van der Waals surface area contributed by atoms with Crippen LogP contribution in [0, 0.1) is 19.7 Å². The standard InChI is InChI=1S/C23H20FN3O3S/c1-14-15(2)30-22-19(14)20(25-21(28)16-6-4-3-5-7-16)26-23(27-22)31-13-12-29-18-10-8-17(24)9-11-18/h3-11H,12-13H2,1-2H3,(H,25,26,27,28). The minimum absolute atomic E-state index is 0.255. The first-order chi connectivity index (χ1) is 15.0. The van der Waals surface area contributed by atoms with Crippen molar-refractivity contribution in [3.63, 3.8) is 0 Å². The van der Waals surface area contributed by atoms with E-state index in [0.717, 1.165) is 11.3 Å². The molecule has 0 aliphatic rings. The summed E-state index contributed by atoms with van der Waals surface area (Å²) in [6.45, 7) is 4.15. The number of hydrogen-bond acceptors (Lipinski definition) is 6. The molecule has 1 N–H and O–H groups in total. The Hall–Kier alpha value is -3.39. The van der Waals surface area contributed by atoms with E-state index in [1.165, 1.54) is 23.9 Å². The van der Waals surface area contributed by atoms with Crippen molar-refractivity contribution in [1.29, 1.82) is 0 Å². The fraction of sp³-hybridized carbons (Fsp3) is 0.174. The number of rotatable bonds is 7. The third-order valence-electron chi connectivity index (χ3n) is 4.67. The molecular weight excluding hydrogens is 417 g/mol. The lowest BCUT2D eigenvalue weighted by molar-refractivity contribution is 0.102. The third-order valence-corrected chi connectivity index (χ3v) is 5.48. The highest BCUT2D eigenvalue weighted by atomic mass is 32.2. The number of benzene rings is 2. The average molecular weight is 437 g/mol. The van der Waals surface area contributed by atoms with E-state index in [9.17, 15) is 9.18 Å². The molecular formula is C23H20FN3O3S. The third kappa shape index (κ3) is 4.86. The zero-order valence-electron chi connectivity index (χ0n) is 17.0. The molecule has 0 bridgehead atoms. The maximum Gasteiger partial charge on any atom is 0.256 e. The van der Waals surface area contributed by atoms with Crippen LogP contribution in [0.15, 0.2) is 64.2 Å². The summed E-state index contributed by atoms with van der Waals surface area (Å²) >= 11 is 1.38. The van der Waals surface area contributed by atoms with Crippen molar-refractivity contribution in [3.8, 4) is 5.75 Å². The minimum Gasteiger partial charge on any atom is -0.493 e. The Bertz CT molecular complexity index is 1210. The van der Waals surface area contributed by atoms with Gasteiger partial charge < -0.3 is 14.5 Å². The lowest BCUT2D eigenvalue weighted by Crippen LogP contribution is -2.14. The SMILES string of the molecule is Cc1oc2nc(SCCOc3ccc(F)cc3)nc(NC(=O)c3ccccc3)c2c1C. The normalized spacial score (nSPS) is 10.9. The Morgan fingerprint density at radius 3 is 2.58 bits per heavy atom. The number of fused-ring (bicyclic) bond motifs is 1.